The number of hydrogen-bond acceptors (Lipinski definition) is 4. The van der Waals surface area contributed by atoms with Gasteiger partial charge in [0.2, 0.25) is 0 Å². The zero-order valence-electron chi connectivity index (χ0n) is 11.9. The molecule has 1 aliphatic rings. The molecule has 1 fully saturated rings. The van der Waals surface area contributed by atoms with Gasteiger partial charge in [0.25, 0.3) is 5.91 Å². The average molecular weight is 277 g/mol. The van der Waals surface area contributed by atoms with E-state index in [1.54, 1.807) is 18.2 Å². The lowest BCUT2D eigenvalue weighted by molar-refractivity contribution is 0.0956. The highest BCUT2D eigenvalue weighted by Crippen LogP contribution is 2.20. The molecule has 0 radical (unpaired) electrons. The Kier molecular flexibility index (Phi) is 5.24. The quantitative estimate of drug-likeness (QED) is 0.695. The molecule has 1 aromatic carbocycles. The van der Waals surface area contributed by atoms with E-state index in [9.17, 15) is 4.79 Å². The number of nitrogens with two attached hydrogens (primary N) is 1. The summed E-state index contributed by atoms with van der Waals surface area (Å²) in [6.07, 6.45) is 3.56. The number of benzene rings is 1. The first-order valence-electron chi connectivity index (χ1n) is 7.24. The van der Waals surface area contributed by atoms with Crippen molar-refractivity contribution in [2.45, 2.75) is 32.3 Å². The Bertz CT molecular complexity index is 456. The van der Waals surface area contributed by atoms with Gasteiger partial charge in [0, 0.05) is 31.1 Å². The molecular weight excluding hydrogens is 254 g/mol. The highest BCUT2D eigenvalue weighted by Gasteiger charge is 2.15. The Hall–Kier alpha value is -1.75. The lowest BCUT2D eigenvalue weighted by Crippen LogP contribution is -2.24. The SMILES string of the molecule is CCNC(=O)c1ccc(N)cc1NCCC1CCCO1. The number of carbonyl (C=O) groups excluding carboxylic acids is 1. The lowest BCUT2D eigenvalue weighted by Gasteiger charge is -2.14. The van der Waals surface area contributed by atoms with Crippen LogP contribution in [0.2, 0.25) is 0 Å². The molecule has 5 nitrogen and oxygen atoms in total. The standard InChI is InChI=1S/C15H23N3O2/c1-2-17-15(19)13-6-5-11(16)10-14(13)18-8-7-12-4-3-9-20-12/h5-6,10,12,18H,2-4,7-9,16H2,1H3,(H,17,19). The number of hydrogen-bond donors (Lipinski definition) is 3. The maximum atomic E-state index is 12.0. The van der Waals surface area contributed by atoms with Crippen LogP contribution in [0.1, 0.15) is 36.5 Å². The Labute approximate surface area is 119 Å². The van der Waals surface area contributed by atoms with Gasteiger partial charge in [0.05, 0.1) is 11.7 Å². The molecule has 0 aliphatic carbocycles. The zero-order valence-corrected chi connectivity index (χ0v) is 11.9. The van der Waals surface area contributed by atoms with Gasteiger partial charge in [0.15, 0.2) is 0 Å². The number of carbonyl (C=O) groups is 1. The summed E-state index contributed by atoms with van der Waals surface area (Å²) in [5.74, 6) is -0.0767. The average Bonchev–Trinajstić information content (AvgIpc) is 2.92. The van der Waals surface area contributed by atoms with Crippen LogP contribution in [0.15, 0.2) is 18.2 Å². The maximum absolute atomic E-state index is 12.0. The fourth-order valence-corrected chi connectivity index (χ4v) is 2.40. The number of amides is 1. The summed E-state index contributed by atoms with van der Waals surface area (Å²) in [4.78, 5) is 12.0. The van der Waals surface area contributed by atoms with Crippen molar-refractivity contribution in [1.82, 2.24) is 5.32 Å². The van der Waals surface area contributed by atoms with E-state index in [0.29, 0.717) is 23.9 Å². The number of nitrogens with one attached hydrogen (secondary N) is 2. The van der Waals surface area contributed by atoms with Crippen molar-refractivity contribution in [2.24, 2.45) is 0 Å². The van der Waals surface area contributed by atoms with E-state index >= 15 is 0 Å². The number of nitrogen functional groups attached to an aromatic ring is 1. The molecule has 110 valence electrons. The summed E-state index contributed by atoms with van der Waals surface area (Å²) in [7, 11) is 0. The summed E-state index contributed by atoms with van der Waals surface area (Å²) in [5, 5.41) is 6.11. The second-order valence-corrected chi connectivity index (χ2v) is 5.01. The molecule has 0 bridgehead atoms. The highest BCUT2D eigenvalue weighted by atomic mass is 16.5. The smallest absolute Gasteiger partial charge is 0.253 e. The maximum Gasteiger partial charge on any atom is 0.253 e. The van der Waals surface area contributed by atoms with Gasteiger partial charge in [-0.25, -0.2) is 0 Å². The van der Waals surface area contributed by atoms with Crippen molar-refractivity contribution in [3.8, 4) is 0 Å². The van der Waals surface area contributed by atoms with Crippen molar-refractivity contribution in [3.63, 3.8) is 0 Å². The van der Waals surface area contributed by atoms with Crippen molar-refractivity contribution < 1.29 is 9.53 Å². The van der Waals surface area contributed by atoms with E-state index in [2.05, 4.69) is 10.6 Å². The number of ether oxygens (including phenoxy) is 1. The Morgan fingerprint density at radius 2 is 2.35 bits per heavy atom. The molecule has 1 heterocycles. The molecule has 1 amide bonds. The molecule has 0 spiro atoms. The minimum absolute atomic E-state index is 0.0767. The van der Waals surface area contributed by atoms with E-state index < -0.39 is 0 Å². The Morgan fingerprint density at radius 1 is 1.50 bits per heavy atom. The minimum atomic E-state index is -0.0767. The molecule has 1 saturated heterocycles. The summed E-state index contributed by atoms with van der Waals surface area (Å²) < 4.78 is 5.59. The molecule has 0 aromatic heterocycles. The van der Waals surface area contributed by atoms with Crippen molar-refractivity contribution >= 4 is 17.3 Å². The fourth-order valence-electron chi connectivity index (χ4n) is 2.40. The zero-order chi connectivity index (χ0) is 14.4. The largest absolute Gasteiger partial charge is 0.399 e. The van der Waals surface area contributed by atoms with Crippen LogP contribution in [0, 0.1) is 0 Å². The summed E-state index contributed by atoms with van der Waals surface area (Å²) in [6, 6.07) is 5.31. The summed E-state index contributed by atoms with van der Waals surface area (Å²) >= 11 is 0. The topological polar surface area (TPSA) is 76.4 Å². The van der Waals surface area contributed by atoms with E-state index in [4.69, 9.17) is 10.5 Å². The van der Waals surface area contributed by atoms with Crippen LogP contribution in [0.5, 0.6) is 0 Å². The van der Waals surface area contributed by atoms with Crippen LogP contribution < -0.4 is 16.4 Å². The number of rotatable bonds is 6. The molecule has 1 atom stereocenters. The minimum Gasteiger partial charge on any atom is -0.399 e. The van der Waals surface area contributed by atoms with Gasteiger partial charge in [-0.2, -0.15) is 0 Å². The van der Waals surface area contributed by atoms with Gasteiger partial charge in [-0.3, -0.25) is 4.79 Å². The van der Waals surface area contributed by atoms with E-state index in [-0.39, 0.29) is 5.91 Å². The fraction of sp³-hybridized carbons (Fsp3) is 0.533. The third-order valence-corrected chi connectivity index (χ3v) is 3.43. The summed E-state index contributed by atoms with van der Waals surface area (Å²) in [5.41, 5.74) is 7.87. The second kappa shape index (κ2) is 7.14. The number of anilines is 2. The molecule has 20 heavy (non-hydrogen) atoms. The predicted molar refractivity (Wildman–Crippen MR) is 80.9 cm³/mol. The monoisotopic (exact) mass is 277 g/mol. The van der Waals surface area contributed by atoms with Gasteiger partial charge < -0.3 is 21.1 Å². The molecule has 1 aliphatic heterocycles. The van der Waals surface area contributed by atoms with E-state index in [0.717, 1.165) is 38.1 Å². The molecule has 2 rings (SSSR count). The van der Waals surface area contributed by atoms with Crippen LogP contribution in [-0.2, 0) is 4.74 Å². The van der Waals surface area contributed by atoms with Crippen LogP contribution in [0.25, 0.3) is 0 Å². The first-order chi connectivity index (χ1) is 9.70. The van der Waals surface area contributed by atoms with Crippen LogP contribution in [-0.4, -0.2) is 31.7 Å². The van der Waals surface area contributed by atoms with Gasteiger partial charge in [-0.15, -0.1) is 0 Å². The van der Waals surface area contributed by atoms with E-state index in [1.807, 2.05) is 6.92 Å². The van der Waals surface area contributed by atoms with Crippen LogP contribution in [0.3, 0.4) is 0 Å². The lowest BCUT2D eigenvalue weighted by atomic mass is 10.1. The van der Waals surface area contributed by atoms with Crippen molar-refractivity contribution in [3.05, 3.63) is 23.8 Å². The molecular formula is C15H23N3O2. The first-order valence-corrected chi connectivity index (χ1v) is 7.24. The van der Waals surface area contributed by atoms with Gasteiger partial charge in [-0.1, -0.05) is 0 Å². The van der Waals surface area contributed by atoms with Gasteiger partial charge in [0.1, 0.15) is 0 Å². The van der Waals surface area contributed by atoms with Gasteiger partial charge >= 0.3 is 0 Å². The molecule has 4 N–H and O–H groups in total. The van der Waals surface area contributed by atoms with Crippen molar-refractivity contribution in [2.75, 3.05) is 30.7 Å². The third kappa shape index (κ3) is 3.87. The van der Waals surface area contributed by atoms with Crippen LogP contribution >= 0.6 is 0 Å². The molecule has 5 heteroatoms. The van der Waals surface area contributed by atoms with E-state index in [1.165, 1.54) is 0 Å². The van der Waals surface area contributed by atoms with Gasteiger partial charge in [-0.05, 0) is 44.4 Å². The Balaban J connectivity index is 1.97. The molecule has 0 saturated carbocycles. The predicted octanol–water partition coefficient (Wildman–Crippen LogP) is 2.00. The first kappa shape index (κ1) is 14.7. The van der Waals surface area contributed by atoms with Crippen LogP contribution in [0.4, 0.5) is 11.4 Å². The molecule has 1 aromatic rings. The Morgan fingerprint density at radius 3 is 3.05 bits per heavy atom. The summed E-state index contributed by atoms with van der Waals surface area (Å²) in [6.45, 7) is 4.16. The normalized spacial score (nSPS) is 17.9. The highest BCUT2D eigenvalue weighted by molar-refractivity contribution is 6.00. The van der Waals surface area contributed by atoms with Crippen molar-refractivity contribution in [1.29, 1.82) is 0 Å². The second-order valence-electron chi connectivity index (χ2n) is 5.01. The third-order valence-electron chi connectivity index (χ3n) is 3.43. The molecule has 1 unspecified atom stereocenters.